The van der Waals surface area contributed by atoms with Crippen molar-refractivity contribution >= 4 is 0 Å². The molecule has 1 aromatic heterocycles. The predicted octanol–water partition coefficient (Wildman–Crippen LogP) is 4.95. The van der Waals surface area contributed by atoms with Crippen molar-refractivity contribution in [3.63, 3.8) is 0 Å². The highest BCUT2D eigenvalue weighted by atomic mass is 16.3. The molecule has 0 saturated heterocycles. The normalized spacial score (nSPS) is 12.6. The average molecular weight is 263 g/mol. The van der Waals surface area contributed by atoms with E-state index in [1.807, 2.05) is 19.2 Å². The lowest BCUT2D eigenvalue weighted by atomic mass is 10.00. The van der Waals surface area contributed by atoms with Crippen molar-refractivity contribution in [2.75, 3.05) is 0 Å². The Morgan fingerprint density at radius 3 is 2.32 bits per heavy atom. The summed E-state index contributed by atoms with van der Waals surface area (Å²) in [5, 5.41) is 10.1. The van der Waals surface area contributed by atoms with Gasteiger partial charge in [0.05, 0.1) is 6.10 Å². The van der Waals surface area contributed by atoms with Crippen LogP contribution in [-0.2, 0) is 0 Å². The maximum absolute atomic E-state index is 10.1. The van der Waals surface area contributed by atoms with E-state index in [0.717, 1.165) is 24.0 Å². The summed E-state index contributed by atoms with van der Waals surface area (Å²) in [5.74, 6) is 0. The Hall–Kier alpha value is -0.890. The van der Waals surface area contributed by atoms with Crippen molar-refractivity contribution in [2.24, 2.45) is 0 Å². The molecule has 108 valence electrons. The zero-order valence-electron chi connectivity index (χ0n) is 12.6. The molecule has 0 aliphatic rings. The summed E-state index contributed by atoms with van der Waals surface area (Å²) in [7, 11) is 0. The van der Waals surface area contributed by atoms with Gasteiger partial charge in [0, 0.05) is 12.4 Å². The number of hydrogen-bond acceptors (Lipinski definition) is 2. The first kappa shape index (κ1) is 16.2. The summed E-state index contributed by atoms with van der Waals surface area (Å²) in [6.45, 7) is 4.27. The number of aliphatic hydroxyl groups excluding tert-OH is 1. The number of nitrogens with zero attached hydrogens (tertiary/aromatic N) is 1. The molecule has 0 fully saturated rings. The summed E-state index contributed by atoms with van der Waals surface area (Å²) in [4.78, 5) is 4.06. The molecule has 1 rings (SSSR count). The second-order valence-corrected chi connectivity index (χ2v) is 5.51. The van der Waals surface area contributed by atoms with Crippen LogP contribution in [0.3, 0.4) is 0 Å². The van der Waals surface area contributed by atoms with Gasteiger partial charge in [-0.2, -0.15) is 0 Å². The van der Waals surface area contributed by atoms with E-state index in [1.54, 1.807) is 6.20 Å². The minimum absolute atomic E-state index is 0.317. The van der Waals surface area contributed by atoms with Gasteiger partial charge < -0.3 is 5.11 Å². The molecule has 0 bridgehead atoms. The number of aryl methyl sites for hydroxylation is 1. The Morgan fingerprint density at radius 1 is 1.05 bits per heavy atom. The van der Waals surface area contributed by atoms with E-state index in [0.29, 0.717) is 0 Å². The van der Waals surface area contributed by atoms with E-state index in [9.17, 15) is 5.11 Å². The first-order chi connectivity index (χ1) is 9.25. The maximum atomic E-state index is 10.1. The van der Waals surface area contributed by atoms with Gasteiger partial charge in [0.25, 0.3) is 0 Å². The summed E-state index contributed by atoms with van der Waals surface area (Å²) in [5.41, 5.74) is 2.13. The van der Waals surface area contributed by atoms with Crippen LogP contribution in [0.25, 0.3) is 0 Å². The number of unbranched alkanes of at least 4 members (excludes halogenated alkanes) is 7. The maximum Gasteiger partial charge on any atom is 0.0793 e. The third-order valence-corrected chi connectivity index (χ3v) is 3.75. The molecule has 19 heavy (non-hydrogen) atoms. The highest BCUT2D eigenvalue weighted by molar-refractivity contribution is 5.23. The molecule has 2 heteroatoms. The van der Waals surface area contributed by atoms with Crippen LogP contribution in [-0.4, -0.2) is 10.1 Å². The fourth-order valence-electron chi connectivity index (χ4n) is 2.49. The topological polar surface area (TPSA) is 33.1 Å². The van der Waals surface area contributed by atoms with Crippen LogP contribution in [0, 0.1) is 6.92 Å². The Morgan fingerprint density at radius 2 is 1.68 bits per heavy atom. The van der Waals surface area contributed by atoms with E-state index in [4.69, 9.17) is 0 Å². The Bertz CT molecular complexity index is 338. The molecule has 0 saturated carbocycles. The molecule has 1 unspecified atom stereocenters. The zero-order chi connectivity index (χ0) is 13.9. The van der Waals surface area contributed by atoms with Crippen LogP contribution in [0.2, 0.25) is 0 Å². The van der Waals surface area contributed by atoms with Crippen molar-refractivity contribution in [2.45, 2.75) is 77.7 Å². The first-order valence-electron chi connectivity index (χ1n) is 7.84. The molecular weight excluding hydrogens is 234 g/mol. The van der Waals surface area contributed by atoms with Crippen molar-refractivity contribution in [1.29, 1.82) is 0 Å². The molecule has 0 aliphatic carbocycles. The molecule has 0 radical (unpaired) electrons. The minimum atomic E-state index is -0.317. The lowest BCUT2D eigenvalue weighted by Crippen LogP contribution is -2.00. The van der Waals surface area contributed by atoms with Gasteiger partial charge in [-0.25, -0.2) is 0 Å². The highest BCUT2D eigenvalue weighted by Gasteiger charge is 2.09. The Balaban J connectivity index is 2.08. The molecular formula is C17H29NO. The van der Waals surface area contributed by atoms with Crippen LogP contribution in [0.5, 0.6) is 0 Å². The molecule has 0 aliphatic heterocycles. The molecule has 1 atom stereocenters. The SMILES string of the molecule is CCCCCCCCCCC(O)c1ccncc1C. The lowest BCUT2D eigenvalue weighted by Gasteiger charge is -2.12. The first-order valence-corrected chi connectivity index (χ1v) is 7.84. The number of pyridine rings is 1. The zero-order valence-corrected chi connectivity index (χ0v) is 12.6. The van der Waals surface area contributed by atoms with Crippen molar-refractivity contribution in [1.82, 2.24) is 4.98 Å². The summed E-state index contributed by atoms with van der Waals surface area (Å²) in [6.07, 6.45) is 14.6. The highest BCUT2D eigenvalue weighted by Crippen LogP contribution is 2.22. The standard InChI is InChI=1S/C17H29NO/c1-3-4-5-6-7-8-9-10-11-17(19)16-12-13-18-14-15(16)2/h12-14,17,19H,3-11H2,1-2H3. The van der Waals surface area contributed by atoms with Gasteiger partial charge in [0.1, 0.15) is 0 Å². The van der Waals surface area contributed by atoms with Crippen LogP contribution in [0.1, 0.15) is 81.9 Å². The molecule has 2 nitrogen and oxygen atoms in total. The van der Waals surface area contributed by atoms with Crippen molar-refractivity contribution < 1.29 is 5.11 Å². The van der Waals surface area contributed by atoms with E-state index in [1.165, 1.54) is 44.9 Å². The number of aromatic nitrogens is 1. The van der Waals surface area contributed by atoms with Crippen LogP contribution in [0.4, 0.5) is 0 Å². The van der Waals surface area contributed by atoms with Gasteiger partial charge in [0.2, 0.25) is 0 Å². The van der Waals surface area contributed by atoms with Gasteiger partial charge in [-0.3, -0.25) is 4.98 Å². The fourth-order valence-corrected chi connectivity index (χ4v) is 2.49. The minimum Gasteiger partial charge on any atom is -0.388 e. The number of hydrogen-bond donors (Lipinski definition) is 1. The van der Waals surface area contributed by atoms with Gasteiger partial charge >= 0.3 is 0 Å². The van der Waals surface area contributed by atoms with Crippen LogP contribution < -0.4 is 0 Å². The van der Waals surface area contributed by atoms with Gasteiger partial charge in [-0.1, -0.05) is 58.3 Å². The van der Waals surface area contributed by atoms with Gasteiger partial charge in [-0.05, 0) is 30.5 Å². The van der Waals surface area contributed by atoms with E-state index in [-0.39, 0.29) is 6.10 Å². The van der Waals surface area contributed by atoms with Gasteiger partial charge in [0.15, 0.2) is 0 Å². The summed E-state index contributed by atoms with van der Waals surface area (Å²) >= 11 is 0. The van der Waals surface area contributed by atoms with Gasteiger partial charge in [-0.15, -0.1) is 0 Å². The smallest absolute Gasteiger partial charge is 0.0793 e. The van der Waals surface area contributed by atoms with E-state index < -0.39 is 0 Å². The average Bonchev–Trinajstić information content (AvgIpc) is 2.42. The molecule has 0 amide bonds. The molecule has 1 heterocycles. The number of rotatable bonds is 10. The summed E-state index contributed by atoms with van der Waals surface area (Å²) in [6, 6.07) is 1.94. The summed E-state index contributed by atoms with van der Waals surface area (Å²) < 4.78 is 0. The molecule has 0 spiro atoms. The second kappa shape index (κ2) is 9.96. The molecule has 0 aromatic carbocycles. The van der Waals surface area contributed by atoms with Crippen LogP contribution >= 0.6 is 0 Å². The molecule has 1 aromatic rings. The van der Waals surface area contributed by atoms with E-state index in [2.05, 4.69) is 11.9 Å². The largest absolute Gasteiger partial charge is 0.388 e. The quantitative estimate of drug-likeness (QED) is 0.606. The predicted molar refractivity (Wildman–Crippen MR) is 81.2 cm³/mol. The van der Waals surface area contributed by atoms with Crippen molar-refractivity contribution in [3.8, 4) is 0 Å². The monoisotopic (exact) mass is 263 g/mol. The molecule has 1 N–H and O–H groups in total. The van der Waals surface area contributed by atoms with Crippen molar-refractivity contribution in [3.05, 3.63) is 29.6 Å². The Labute approximate surface area is 118 Å². The fraction of sp³-hybridized carbons (Fsp3) is 0.706. The third kappa shape index (κ3) is 6.72. The van der Waals surface area contributed by atoms with E-state index >= 15 is 0 Å². The Kier molecular flexibility index (Phi) is 8.48. The number of aliphatic hydroxyl groups is 1. The lowest BCUT2D eigenvalue weighted by molar-refractivity contribution is 0.162. The van der Waals surface area contributed by atoms with Crippen LogP contribution in [0.15, 0.2) is 18.5 Å². The third-order valence-electron chi connectivity index (χ3n) is 3.75. The second-order valence-electron chi connectivity index (χ2n) is 5.51.